The van der Waals surface area contributed by atoms with Crippen LogP contribution in [0.1, 0.15) is 48.5 Å². The van der Waals surface area contributed by atoms with Gasteiger partial charge in [0.2, 0.25) is 0 Å². The van der Waals surface area contributed by atoms with Crippen LogP contribution in [0.2, 0.25) is 0 Å². The highest BCUT2D eigenvalue weighted by Crippen LogP contribution is 2.41. The number of aryl methyl sites for hydroxylation is 1. The monoisotopic (exact) mass is 422 g/mol. The number of ketones is 1. The van der Waals surface area contributed by atoms with E-state index in [0.717, 1.165) is 6.07 Å². The molecule has 3 atom stereocenters. The molecule has 3 rings (SSSR count). The third-order valence-electron chi connectivity index (χ3n) is 5.67. The van der Waals surface area contributed by atoms with Crippen LogP contribution in [0.15, 0.2) is 23.3 Å². The lowest BCUT2D eigenvalue weighted by Gasteiger charge is -2.42. The topological polar surface area (TPSA) is 154 Å². The first-order chi connectivity index (χ1) is 14.0. The summed E-state index contributed by atoms with van der Waals surface area (Å²) in [5.41, 5.74) is -1.17. The Morgan fingerprint density at radius 2 is 2.00 bits per heavy atom. The van der Waals surface area contributed by atoms with Crippen LogP contribution in [0.25, 0.3) is 0 Å². The molecule has 0 saturated heterocycles. The van der Waals surface area contributed by atoms with Crippen LogP contribution in [0.5, 0.6) is 11.5 Å². The molecule has 1 aliphatic carbocycles. The Balaban J connectivity index is 1.86. The van der Waals surface area contributed by atoms with E-state index < -0.39 is 35.0 Å². The highest BCUT2D eigenvalue weighted by Gasteiger charge is 2.51. The Hall–Kier alpha value is -2.46. The summed E-state index contributed by atoms with van der Waals surface area (Å²) in [4.78, 5) is 25.5. The second-order valence-corrected chi connectivity index (χ2v) is 8.05. The van der Waals surface area contributed by atoms with Crippen LogP contribution in [-0.2, 0) is 14.3 Å². The van der Waals surface area contributed by atoms with Gasteiger partial charge in [-0.1, -0.05) is 5.57 Å². The van der Waals surface area contributed by atoms with Crippen molar-refractivity contribution in [2.24, 2.45) is 0 Å². The molecule has 0 amide bonds. The predicted molar refractivity (Wildman–Crippen MR) is 103 cm³/mol. The Morgan fingerprint density at radius 3 is 2.63 bits per heavy atom. The second-order valence-electron chi connectivity index (χ2n) is 8.05. The molecule has 1 heterocycles. The smallest absolute Gasteiger partial charge is 0.342 e. The number of aliphatic hydroxyl groups excluding tert-OH is 1. The first-order valence-electron chi connectivity index (χ1n) is 9.67. The summed E-state index contributed by atoms with van der Waals surface area (Å²) in [7, 11) is 0. The van der Waals surface area contributed by atoms with Gasteiger partial charge in [0.15, 0.2) is 17.2 Å². The zero-order chi connectivity index (χ0) is 22.3. The van der Waals surface area contributed by atoms with Crippen molar-refractivity contribution in [3.05, 3.63) is 34.4 Å². The van der Waals surface area contributed by atoms with Crippen LogP contribution in [0.3, 0.4) is 0 Å². The van der Waals surface area contributed by atoms with E-state index >= 15 is 0 Å². The van der Waals surface area contributed by atoms with Crippen molar-refractivity contribution >= 4 is 11.8 Å². The van der Waals surface area contributed by atoms with E-state index in [-0.39, 0.29) is 54.9 Å². The molecule has 9 nitrogen and oxygen atoms in total. The van der Waals surface area contributed by atoms with Gasteiger partial charge >= 0.3 is 5.97 Å². The van der Waals surface area contributed by atoms with Crippen LogP contribution < -0.4 is 0 Å². The Labute approximate surface area is 173 Å². The molecule has 1 aromatic rings. The lowest BCUT2D eigenvalue weighted by atomic mass is 9.75. The summed E-state index contributed by atoms with van der Waals surface area (Å²) in [5, 5.41) is 49.9. The Kier molecular flexibility index (Phi) is 5.92. The highest BCUT2D eigenvalue weighted by molar-refractivity contribution is 6.04. The SMILES string of the molecule is Cc1cc(O)cc(O)c1C(=O)O[C@H]1CC2=C(CO[C@@](O)(CCCO)C2)C(=O)[C@@]1(C)O. The van der Waals surface area contributed by atoms with Crippen molar-refractivity contribution in [2.75, 3.05) is 13.2 Å². The lowest BCUT2D eigenvalue weighted by Crippen LogP contribution is -2.55. The molecule has 2 aliphatic rings. The third-order valence-corrected chi connectivity index (χ3v) is 5.67. The van der Waals surface area contributed by atoms with E-state index in [9.17, 15) is 30.0 Å². The van der Waals surface area contributed by atoms with Crippen LogP contribution >= 0.6 is 0 Å². The maximum atomic E-state index is 12.8. The summed E-state index contributed by atoms with van der Waals surface area (Å²) >= 11 is 0. The molecular formula is C21H26O9. The van der Waals surface area contributed by atoms with Gasteiger partial charge in [-0.25, -0.2) is 4.79 Å². The Bertz CT molecular complexity index is 879. The lowest BCUT2D eigenvalue weighted by molar-refractivity contribution is -0.212. The standard InChI is InChI=1S/C21H26O9/c1-11-6-13(23)8-15(24)17(11)19(26)30-16-7-12-9-21(28,4-3-5-22)29-10-14(12)18(25)20(16,2)27/h6,8,16,22-24,27-28H,3-5,7,9-10H2,1-2H3/t16-,20-,21-/m0/s1. The fourth-order valence-corrected chi connectivity index (χ4v) is 3.97. The normalized spacial score (nSPS) is 29.0. The molecule has 1 aromatic carbocycles. The minimum atomic E-state index is -2.02. The molecule has 0 unspecified atom stereocenters. The van der Waals surface area contributed by atoms with Crippen molar-refractivity contribution in [2.45, 2.75) is 57.0 Å². The number of aliphatic hydroxyl groups is 3. The number of ether oxygens (including phenoxy) is 2. The maximum absolute atomic E-state index is 12.8. The summed E-state index contributed by atoms with van der Waals surface area (Å²) in [5.74, 6) is -3.86. The number of esters is 1. The minimum Gasteiger partial charge on any atom is -0.508 e. The van der Waals surface area contributed by atoms with Gasteiger partial charge in [-0.2, -0.15) is 0 Å². The molecule has 5 N–H and O–H groups in total. The van der Waals surface area contributed by atoms with Gasteiger partial charge in [0, 0.05) is 37.5 Å². The number of rotatable bonds is 5. The van der Waals surface area contributed by atoms with E-state index in [1.165, 1.54) is 19.9 Å². The molecule has 0 bridgehead atoms. The van der Waals surface area contributed by atoms with Crippen molar-refractivity contribution < 1.29 is 44.6 Å². The fourth-order valence-electron chi connectivity index (χ4n) is 3.97. The molecule has 0 saturated carbocycles. The molecule has 0 radical (unpaired) electrons. The van der Waals surface area contributed by atoms with Crippen LogP contribution in [0, 0.1) is 6.92 Å². The largest absolute Gasteiger partial charge is 0.508 e. The molecular weight excluding hydrogens is 396 g/mol. The number of hydrogen-bond donors (Lipinski definition) is 5. The molecule has 30 heavy (non-hydrogen) atoms. The van der Waals surface area contributed by atoms with Crippen molar-refractivity contribution in [3.8, 4) is 11.5 Å². The average Bonchev–Trinajstić information content (AvgIpc) is 2.64. The molecule has 0 aromatic heterocycles. The number of phenolic OH excluding ortho intramolecular Hbond substituents is 2. The number of carbonyl (C=O) groups excluding carboxylic acids is 2. The first-order valence-corrected chi connectivity index (χ1v) is 9.67. The van der Waals surface area contributed by atoms with Gasteiger partial charge in [-0.05, 0) is 31.9 Å². The van der Waals surface area contributed by atoms with Gasteiger partial charge in [-0.3, -0.25) is 4.79 Å². The summed E-state index contributed by atoms with van der Waals surface area (Å²) < 4.78 is 10.8. The van der Waals surface area contributed by atoms with Gasteiger partial charge in [0.05, 0.1) is 6.61 Å². The third kappa shape index (κ3) is 4.06. The zero-order valence-electron chi connectivity index (χ0n) is 16.8. The summed E-state index contributed by atoms with van der Waals surface area (Å²) in [6, 6.07) is 2.27. The number of phenols is 2. The molecule has 9 heteroatoms. The number of carbonyl (C=O) groups is 2. The van der Waals surface area contributed by atoms with Gasteiger partial charge in [0.25, 0.3) is 0 Å². The van der Waals surface area contributed by atoms with E-state index in [1.807, 2.05) is 0 Å². The van der Waals surface area contributed by atoms with Crippen molar-refractivity contribution in [1.82, 2.24) is 0 Å². The highest BCUT2D eigenvalue weighted by atomic mass is 16.6. The van der Waals surface area contributed by atoms with Crippen molar-refractivity contribution in [1.29, 1.82) is 0 Å². The minimum absolute atomic E-state index is 0.00248. The molecule has 1 aliphatic heterocycles. The van der Waals surface area contributed by atoms with E-state index in [2.05, 4.69) is 0 Å². The maximum Gasteiger partial charge on any atom is 0.342 e. The number of hydrogen-bond acceptors (Lipinski definition) is 9. The van der Waals surface area contributed by atoms with Gasteiger partial charge in [-0.15, -0.1) is 0 Å². The quantitative estimate of drug-likeness (QED) is 0.434. The number of aromatic hydroxyl groups is 2. The van der Waals surface area contributed by atoms with Crippen LogP contribution in [-0.4, -0.2) is 68.0 Å². The fraction of sp³-hybridized carbons (Fsp3) is 0.524. The molecule has 0 spiro atoms. The number of benzene rings is 1. The Morgan fingerprint density at radius 1 is 1.30 bits per heavy atom. The first kappa shape index (κ1) is 22.2. The predicted octanol–water partition coefficient (Wildman–Crippen LogP) is 0.833. The van der Waals surface area contributed by atoms with Crippen molar-refractivity contribution in [3.63, 3.8) is 0 Å². The van der Waals surface area contributed by atoms with Gasteiger partial charge in [0.1, 0.15) is 23.2 Å². The van der Waals surface area contributed by atoms with E-state index in [0.29, 0.717) is 12.0 Å². The number of Topliss-reactive ketones (excluding diaryl/α,β-unsaturated/α-hetero) is 1. The molecule has 164 valence electrons. The molecule has 0 fully saturated rings. The van der Waals surface area contributed by atoms with E-state index in [1.54, 1.807) is 0 Å². The second kappa shape index (κ2) is 7.99. The van der Waals surface area contributed by atoms with E-state index in [4.69, 9.17) is 14.6 Å². The average molecular weight is 422 g/mol. The van der Waals surface area contributed by atoms with Gasteiger partial charge < -0.3 is 35.0 Å². The summed E-state index contributed by atoms with van der Waals surface area (Å²) in [6.07, 6.45) is -0.785. The summed E-state index contributed by atoms with van der Waals surface area (Å²) in [6.45, 7) is 2.43. The van der Waals surface area contributed by atoms with Crippen LogP contribution in [0.4, 0.5) is 0 Å². The zero-order valence-corrected chi connectivity index (χ0v) is 16.8.